The predicted octanol–water partition coefficient (Wildman–Crippen LogP) is 7.95. The molecule has 222 valence electrons. The van der Waals surface area contributed by atoms with E-state index in [4.69, 9.17) is 18.9 Å². The first-order valence-electron chi connectivity index (χ1n) is 14.7. The highest BCUT2D eigenvalue weighted by Gasteiger charge is 2.24. The van der Waals surface area contributed by atoms with E-state index in [1.807, 2.05) is 62.4 Å². The summed E-state index contributed by atoms with van der Waals surface area (Å²) in [4.78, 5) is 0. The molecule has 0 unspecified atom stereocenters. The fourth-order valence-corrected chi connectivity index (χ4v) is 4.97. The van der Waals surface area contributed by atoms with E-state index in [9.17, 15) is 5.11 Å². The SMILES string of the molecule is CCOc1ccc(C(C)(C)c2ccc(OCC(O)COc3ccc(C(C)(C)c4ccc(OCC)cc4)cc3)cc2)cc1. The van der Waals surface area contributed by atoms with Crippen molar-refractivity contribution in [3.63, 3.8) is 0 Å². The molecule has 0 bridgehead atoms. The molecule has 0 atom stereocenters. The predicted molar refractivity (Wildman–Crippen MR) is 169 cm³/mol. The molecule has 0 aliphatic rings. The van der Waals surface area contributed by atoms with E-state index >= 15 is 0 Å². The second-order valence-electron chi connectivity index (χ2n) is 11.5. The number of aliphatic hydroxyl groups is 1. The van der Waals surface area contributed by atoms with Gasteiger partial charge in [0, 0.05) is 10.8 Å². The van der Waals surface area contributed by atoms with E-state index in [0.29, 0.717) is 24.7 Å². The zero-order valence-corrected chi connectivity index (χ0v) is 25.7. The summed E-state index contributed by atoms with van der Waals surface area (Å²) in [7, 11) is 0. The van der Waals surface area contributed by atoms with Gasteiger partial charge in [-0.2, -0.15) is 0 Å². The average Bonchev–Trinajstić information content (AvgIpc) is 3.00. The molecule has 42 heavy (non-hydrogen) atoms. The minimum atomic E-state index is -0.759. The average molecular weight is 569 g/mol. The summed E-state index contributed by atoms with van der Waals surface area (Å²) in [5.74, 6) is 3.18. The number of hydrogen-bond acceptors (Lipinski definition) is 5. The highest BCUT2D eigenvalue weighted by molar-refractivity contribution is 5.43. The van der Waals surface area contributed by atoms with Crippen molar-refractivity contribution in [2.45, 2.75) is 58.5 Å². The van der Waals surface area contributed by atoms with Gasteiger partial charge in [0.2, 0.25) is 0 Å². The Kier molecular flexibility index (Phi) is 10.2. The first-order chi connectivity index (χ1) is 20.1. The van der Waals surface area contributed by atoms with E-state index in [2.05, 4.69) is 76.2 Å². The Bertz CT molecular complexity index is 1260. The van der Waals surface area contributed by atoms with E-state index in [-0.39, 0.29) is 24.0 Å². The van der Waals surface area contributed by atoms with Crippen molar-refractivity contribution >= 4 is 0 Å². The van der Waals surface area contributed by atoms with Crippen LogP contribution in [0.5, 0.6) is 23.0 Å². The maximum absolute atomic E-state index is 10.5. The topological polar surface area (TPSA) is 57.2 Å². The van der Waals surface area contributed by atoms with Crippen molar-refractivity contribution in [3.05, 3.63) is 119 Å². The van der Waals surface area contributed by atoms with Crippen molar-refractivity contribution in [2.24, 2.45) is 0 Å². The normalized spacial score (nSPS) is 11.8. The molecule has 0 fully saturated rings. The van der Waals surface area contributed by atoms with Gasteiger partial charge in [-0.05, 0) is 84.6 Å². The Labute approximate surface area is 251 Å². The summed E-state index contributed by atoms with van der Waals surface area (Å²) >= 11 is 0. The fourth-order valence-electron chi connectivity index (χ4n) is 4.97. The highest BCUT2D eigenvalue weighted by atomic mass is 16.5. The van der Waals surface area contributed by atoms with E-state index in [1.54, 1.807) is 0 Å². The summed E-state index contributed by atoms with van der Waals surface area (Å²) in [6.45, 7) is 14.4. The third-order valence-corrected chi connectivity index (χ3v) is 7.81. The van der Waals surface area contributed by atoms with Gasteiger partial charge in [-0.1, -0.05) is 76.2 Å². The molecule has 5 nitrogen and oxygen atoms in total. The van der Waals surface area contributed by atoms with Crippen LogP contribution >= 0.6 is 0 Å². The number of hydrogen-bond donors (Lipinski definition) is 1. The third-order valence-electron chi connectivity index (χ3n) is 7.81. The van der Waals surface area contributed by atoms with Gasteiger partial charge in [-0.15, -0.1) is 0 Å². The molecular formula is C37H44O5. The molecule has 0 aliphatic carbocycles. The molecule has 5 heteroatoms. The standard InChI is InChI=1S/C37H44O5/c1-7-39-32-17-9-27(10-18-32)36(3,4)29-13-21-34(22-14-29)41-25-31(38)26-42-35-23-15-30(16-24-35)37(5,6)28-11-19-33(20-12-28)40-8-2/h9-24,31,38H,7-8,25-26H2,1-6H3. The van der Waals surface area contributed by atoms with Gasteiger partial charge in [0.15, 0.2) is 0 Å². The second kappa shape index (κ2) is 13.8. The van der Waals surface area contributed by atoms with Crippen LogP contribution in [0.4, 0.5) is 0 Å². The van der Waals surface area contributed by atoms with Crippen LogP contribution in [0.1, 0.15) is 63.8 Å². The van der Waals surface area contributed by atoms with Crippen LogP contribution in [0.25, 0.3) is 0 Å². The minimum Gasteiger partial charge on any atom is -0.494 e. The molecule has 0 saturated heterocycles. The van der Waals surface area contributed by atoms with Crippen LogP contribution in [0.3, 0.4) is 0 Å². The van der Waals surface area contributed by atoms with Gasteiger partial charge < -0.3 is 24.1 Å². The Morgan fingerprint density at radius 3 is 0.929 bits per heavy atom. The molecule has 0 radical (unpaired) electrons. The lowest BCUT2D eigenvalue weighted by atomic mass is 9.78. The lowest BCUT2D eigenvalue weighted by molar-refractivity contribution is 0.0626. The molecule has 4 aromatic carbocycles. The number of ether oxygens (including phenoxy) is 4. The summed E-state index contributed by atoms with van der Waals surface area (Å²) in [5.41, 5.74) is 4.43. The van der Waals surface area contributed by atoms with Crippen molar-refractivity contribution < 1.29 is 24.1 Å². The van der Waals surface area contributed by atoms with Crippen LogP contribution in [0.2, 0.25) is 0 Å². The monoisotopic (exact) mass is 568 g/mol. The maximum atomic E-state index is 10.5. The molecule has 4 aromatic rings. The largest absolute Gasteiger partial charge is 0.494 e. The molecule has 0 aromatic heterocycles. The number of benzene rings is 4. The number of rotatable bonds is 14. The first kappa shape index (κ1) is 31.0. The zero-order valence-electron chi connectivity index (χ0n) is 25.7. The first-order valence-corrected chi connectivity index (χ1v) is 14.7. The third kappa shape index (κ3) is 7.65. The summed E-state index contributed by atoms with van der Waals surface area (Å²) in [6, 6.07) is 32.6. The minimum absolute atomic E-state index is 0.143. The summed E-state index contributed by atoms with van der Waals surface area (Å²) in [6.07, 6.45) is -0.759. The van der Waals surface area contributed by atoms with Crippen LogP contribution in [-0.2, 0) is 10.8 Å². The Hall–Kier alpha value is -3.96. The second-order valence-corrected chi connectivity index (χ2v) is 11.5. The molecule has 1 N–H and O–H groups in total. The van der Waals surface area contributed by atoms with E-state index in [1.165, 1.54) is 22.3 Å². The molecule has 0 saturated carbocycles. The smallest absolute Gasteiger partial charge is 0.122 e. The van der Waals surface area contributed by atoms with Gasteiger partial charge in [0.25, 0.3) is 0 Å². The lowest BCUT2D eigenvalue weighted by Gasteiger charge is -2.26. The Morgan fingerprint density at radius 1 is 0.452 bits per heavy atom. The lowest BCUT2D eigenvalue weighted by Crippen LogP contribution is -2.25. The molecule has 0 heterocycles. The van der Waals surface area contributed by atoms with Crippen molar-refractivity contribution in [1.29, 1.82) is 0 Å². The van der Waals surface area contributed by atoms with Crippen LogP contribution < -0.4 is 18.9 Å². The molecular weight excluding hydrogens is 524 g/mol. The van der Waals surface area contributed by atoms with Crippen molar-refractivity contribution in [1.82, 2.24) is 0 Å². The van der Waals surface area contributed by atoms with Gasteiger partial charge >= 0.3 is 0 Å². The van der Waals surface area contributed by atoms with Crippen molar-refractivity contribution in [2.75, 3.05) is 26.4 Å². The Morgan fingerprint density at radius 2 is 0.690 bits per heavy atom. The highest BCUT2D eigenvalue weighted by Crippen LogP contribution is 2.34. The zero-order chi connectivity index (χ0) is 30.2. The van der Waals surface area contributed by atoms with Gasteiger partial charge in [-0.25, -0.2) is 0 Å². The van der Waals surface area contributed by atoms with Crippen LogP contribution in [-0.4, -0.2) is 37.6 Å². The number of aliphatic hydroxyl groups excluding tert-OH is 1. The van der Waals surface area contributed by atoms with Crippen LogP contribution in [0.15, 0.2) is 97.1 Å². The summed E-state index contributed by atoms with van der Waals surface area (Å²) in [5, 5.41) is 10.5. The van der Waals surface area contributed by atoms with E-state index < -0.39 is 6.10 Å². The summed E-state index contributed by atoms with van der Waals surface area (Å²) < 4.78 is 22.9. The molecule has 4 rings (SSSR count). The van der Waals surface area contributed by atoms with Crippen LogP contribution in [0, 0.1) is 0 Å². The van der Waals surface area contributed by atoms with Crippen molar-refractivity contribution in [3.8, 4) is 23.0 Å². The van der Waals surface area contributed by atoms with Gasteiger partial charge in [-0.3, -0.25) is 0 Å². The fraction of sp³-hybridized carbons (Fsp3) is 0.351. The Balaban J connectivity index is 1.27. The maximum Gasteiger partial charge on any atom is 0.122 e. The van der Waals surface area contributed by atoms with E-state index in [0.717, 1.165) is 11.5 Å². The quantitative estimate of drug-likeness (QED) is 0.167. The van der Waals surface area contributed by atoms with Gasteiger partial charge in [0.1, 0.15) is 42.3 Å². The molecule has 0 amide bonds. The molecule has 0 spiro atoms. The molecule has 0 aliphatic heterocycles. The van der Waals surface area contributed by atoms with Gasteiger partial charge in [0.05, 0.1) is 13.2 Å².